The van der Waals surface area contributed by atoms with Crippen molar-refractivity contribution < 1.29 is 14.6 Å². The first-order valence-electron chi connectivity index (χ1n) is 5.00. The highest BCUT2D eigenvalue weighted by Gasteiger charge is 2.42. The molecule has 0 aliphatic carbocycles. The Balaban J connectivity index is 2.60. The van der Waals surface area contributed by atoms with E-state index in [0.717, 1.165) is 12.8 Å². The van der Waals surface area contributed by atoms with E-state index < -0.39 is 11.9 Å². The van der Waals surface area contributed by atoms with Crippen molar-refractivity contribution >= 4 is 0 Å². The lowest BCUT2D eigenvalue weighted by Crippen LogP contribution is -2.33. The van der Waals surface area contributed by atoms with Crippen molar-refractivity contribution in [3.63, 3.8) is 0 Å². The lowest BCUT2D eigenvalue weighted by molar-refractivity contribution is -0.154. The molecule has 1 heterocycles. The van der Waals surface area contributed by atoms with Gasteiger partial charge in [-0.2, -0.15) is 0 Å². The Bertz CT molecular complexity index is 166. The summed E-state index contributed by atoms with van der Waals surface area (Å²) in [5, 5.41) is 9.48. The minimum atomic E-state index is -0.540. The van der Waals surface area contributed by atoms with Gasteiger partial charge in [0.1, 0.15) is 6.10 Å². The van der Waals surface area contributed by atoms with Crippen LogP contribution in [0, 0.1) is 0 Å². The average Bonchev–Trinajstić information content (AvgIpc) is 2.26. The zero-order chi connectivity index (χ0) is 10.1. The molecule has 1 fully saturated rings. The number of aliphatic hydroxyl groups is 1. The topological polar surface area (TPSA) is 38.7 Å². The predicted octanol–water partition coefficient (Wildman–Crippen LogP) is 1.69. The van der Waals surface area contributed by atoms with Crippen LogP contribution in [0.5, 0.6) is 0 Å². The van der Waals surface area contributed by atoms with Crippen LogP contribution >= 0.6 is 0 Å². The van der Waals surface area contributed by atoms with Crippen molar-refractivity contribution in [3.05, 3.63) is 0 Å². The first kappa shape index (κ1) is 11.0. The van der Waals surface area contributed by atoms with Crippen LogP contribution in [0.2, 0.25) is 0 Å². The van der Waals surface area contributed by atoms with Crippen LogP contribution in [0.25, 0.3) is 0 Å². The molecule has 0 aromatic rings. The Labute approximate surface area is 80.0 Å². The quantitative estimate of drug-likeness (QED) is 0.732. The highest BCUT2D eigenvalue weighted by Crippen LogP contribution is 2.31. The van der Waals surface area contributed by atoms with E-state index in [1.165, 1.54) is 0 Å². The maximum absolute atomic E-state index is 9.48. The van der Waals surface area contributed by atoms with Crippen LogP contribution in [-0.4, -0.2) is 29.2 Å². The lowest BCUT2D eigenvalue weighted by atomic mass is 10.1. The van der Waals surface area contributed by atoms with Crippen LogP contribution in [0.4, 0.5) is 0 Å². The van der Waals surface area contributed by atoms with Crippen LogP contribution in [0.1, 0.15) is 40.5 Å². The molecular weight excluding hydrogens is 168 g/mol. The molecule has 0 bridgehead atoms. The maximum atomic E-state index is 9.48. The van der Waals surface area contributed by atoms with Crippen molar-refractivity contribution in [2.75, 3.05) is 0 Å². The third-order valence-corrected chi connectivity index (χ3v) is 2.27. The van der Waals surface area contributed by atoms with Crippen molar-refractivity contribution in [2.24, 2.45) is 0 Å². The molecule has 0 radical (unpaired) electrons. The molecule has 1 rings (SSSR count). The van der Waals surface area contributed by atoms with E-state index in [-0.39, 0.29) is 12.2 Å². The Kier molecular flexibility index (Phi) is 3.33. The fraction of sp³-hybridized carbons (Fsp3) is 1.00. The third-order valence-electron chi connectivity index (χ3n) is 2.27. The van der Waals surface area contributed by atoms with Gasteiger partial charge in [-0.3, -0.25) is 0 Å². The number of aliphatic hydroxyl groups excluding tert-OH is 1. The Hall–Kier alpha value is -0.120. The molecule has 1 N–H and O–H groups in total. The van der Waals surface area contributed by atoms with Crippen molar-refractivity contribution in [1.29, 1.82) is 0 Å². The summed E-state index contributed by atoms with van der Waals surface area (Å²) in [6.07, 6.45) is 1.40. The van der Waals surface area contributed by atoms with E-state index in [9.17, 15) is 5.11 Å². The van der Waals surface area contributed by atoms with Gasteiger partial charge in [-0.25, -0.2) is 0 Å². The summed E-state index contributed by atoms with van der Waals surface area (Å²) in [5.74, 6) is -0.540. The standard InChI is InChI=1S/C10H20O3/c1-5-6-8-9(7(2)11)13-10(3,4)12-8/h7-9,11H,5-6H2,1-4H3. The van der Waals surface area contributed by atoms with Gasteiger partial charge in [-0.15, -0.1) is 0 Å². The SMILES string of the molecule is CCCC1OC(C)(C)OC1C(C)O. The molecule has 3 unspecified atom stereocenters. The van der Waals surface area contributed by atoms with E-state index in [2.05, 4.69) is 6.92 Å². The molecule has 0 amide bonds. The monoisotopic (exact) mass is 188 g/mol. The van der Waals surface area contributed by atoms with Gasteiger partial charge in [0.2, 0.25) is 0 Å². The second-order valence-electron chi connectivity index (χ2n) is 4.17. The Morgan fingerprint density at radius 2 is 2.00 bits per heavy atom. The lowest BCUT2D eigenvalue weighted by Gasteiger charge is -2.18. The van der Waals surface area contributed by atoms with Crippen molar-refractivity contribution in [1.82, 2.24) is 0 Å². The van der Waals surface area contributed by atoms with Gasteiger partial charge in [-0.1, -0.05) is 13.3 Å². The van der Waals surface area contributed by atoms with E-state index in [4.69, 9.17) is 9.47 Å². The summed E-state index contributed by atoms with van der Waals surface area (Å²) in [4.78, 5) is 0. The molecule has 13 heavy (non-hydrogen) atoms. The molecule has 1 aliphatic heterocycles. The smallest absolute Gasteiger partial charge is 0.163 e. The molecule has 3 atom stereocenters. The van der Waals surface area contributed by atoms with Gasteiger partial charge in [0.25, 0.3) is 0 Å². The van der Waals surface area contributed by atoms with Gasteiger partial charge >= 0.3 is 0 Å². The zero-order valence-corrected chi connectivity index (χ0v) is 8.91. The third kappa shape index (κ3) is 2.66. The van der Waals surface area contributed by atoms with Gasteiger partial charge in [0.05, 0.1) is 12.2 Å². The van der Waals surface area contributed by atoms with Crippen molar-refractivity contribution in [2.45, 2.75) is 64.6 Å². The fourth-order valence-electron chi connectivity index (χ4n) is 1.78. The van der Waals surface area contributed by atoms with Crippen LogP contribution in [0.3, 0.4) is 0 Å². The van der Waals surface area contributed by atoms with Gasteiger partial charge in [0.15, 0.2) is 5.79 Å². The van der Waals surface area contributed by atoms with E-state index in [1.54, 1.807) is 6.92 Å². The fourth-order valence-corrected chi connectivity index (χ4v) is 1.78. The molecule has 0 saturated carbocycles. The van der Waals surface area contributed by atoms with Gasteiger partial charge in [0, 0.05) is 0 Å². The summed E-state index contributed by atoms with van der Waals surface area (Å²) in [6, 6.07) is 0. The Morgan fingerprint density at radius 1 is 1.38 bits per heavy atom. The molecule has 78 valence electrons. The molecule has 0 spiro atoms. The predicted molar refractivity (Wildman–Crippen MR) is 50.4 cm³/mol. The number of ether oxygens (including phenoxy) is 2. The van der Waals surface area contributed by atoms with Gasteiger partial charge < -0.3 is 14.6 Å². The molecular formula is C10H20O3. The first-order chi connectivity index (χ1) is 5.96. The molecule has 0 aromatic heterocycles. The summed E-state index contributed by atoms with van der Waals surface area (Å²) >= 11 is 0. The molecule has 1 aliphatic rings. The number of hydrogen-bond donors (Lipinski definition) is 1. The van der Waals surface area contributed by atoms with Crippen LogP contribution < -0.4 is 0 Å². The largest absolute Gasteiger partial charge is 0.391 e. The summed E-state index contributed by atoms with van der Waals surface area (Å²) in [5.41, 5.74) is 0. The Morgan fingerprint density at radius 3 is 2.46 bits per heavy atom. The highest BCUT2D eigenvalue weighted by atomic mass is 16.8. The summed E-state index contributed by atoms with van der Waals surface area (Å²) in [7, 11) is 0. The molecule has 3 heteroatoms. The highest BCUT2D eigenvalue weighted by molar-refractivity contribution is 4.84. The molecule has 0 aromatic carbocycles. The zero-order valence-electron chi connectivity index (χ0n) is 8.91. The number of rotatable bonds is 3. The van der Waals surface area contributed by atoms with Crippen LogP contribution in [0.15, 0.2) is 0 Å². The average molecular weight is 188 g/mol. The van der Waals surface area contributed by atoms with E-state index in [0.29, 0.717) is 0 Å². The van der Waals surface area contributed by atoms with E-state index in [1.807, 2.05) is 13.8 Å². The number of hydrogen-bond acceptors (Lipinski definition) is 3. The van der Waals surface area contributed by atoms with E-state index >= 15 is 0 Å². The second kappa shape index (κ2) is 3.95. The normalized spacial score (nSPS) is 34.8. The minimum absolute atomic E-state index is 0.0417. The molecule has 1 saturated heterocycles. The minimum Gasteiger partial charge on any atom is -0.391 e. The second-order valence-corrected chi connectivity index (χ2v) is 4.17. The van der Waals surface area contributed by atoms with Crippen LogP contribution in [-0.2, 0) is 9.47 Å². The van der Waals surface area contributed by atoms with Crippen molar-refractivity contribution in [3.8, 4) is 0 Å². The molecule has 3 nitrogen and oxygen atoms in total. The van der Waals surface area contributed by atoms with Gasteiger partial charge in [-0.05, 0) is 27.2 Å². The summed E-state index contributed by atoms with van der Waals surface area (Å²) in [6.45, 7) is 7.63. The first-order valence-corrected chi connectivity index (χ1v) is 5.00. The maximum Gasteiger partial charge on any atom is 0.163 e. The summed E-state index contributed by atoms with van der Waals surface area (Å²) < 4.78 is 11.3.